The summed E-state index contributed by atoms with van der Waals surface area (Å²) in [5, 5.41) is 3.70. The molecule has 1 aliphatic rings. The zero-order valence-electron chi connectivity index (χ0n) is 10.8. The first-order valence-electron chi connectivity index (χ1n) is 6.46. The van der Waals surface area contributed by atoms with Gasteiger partial charge in [0, 0.05) is 16.6 Å². The number of carbonyl (C=O) groups excluding carboxylic acids is 1. The molecule has 0 aliphatic carbocycles. The van der Waals surface area contributed by atoms with Crippen LogP contribution in [0.4, 0.5) is 5.69 Å². The number of carbonyl (C=O) groups is 1. The van der Waals surface area contributed by atoms with E-state index in [-0.39, 0.29) is 11.8 Å². The van der Waals surface area contributed by atoms with Crippen LogP contribution >= 0.6 is 15.9 Å². The van der Waals surface area contributed by atoms with Gasteiger partial charge in [0.25, 0.3) is 0 Å². The van der Waals surface area contributed by atoms with Gasteiger partial charge in [-0.05, 0) is 17.7 Å². The molecule has 0 saturated carbocycles. The highest BCUT2D eigenvalue weighted by molar-refractivity contribution is 9.08. The molecule has 0 spiro atoms. The Bertz CT molecular complexity index is 642. The maximum absolute atomic E-state index is 12.4. The zero-order chi connectivity index (χ0) is 13.9. The van der Waals surface area contributed by atoms with E-state index in [9.17, 15) is 4.79 Å². The number of halogens is 1. The highest BCUT2D eigenvalue weighted by Crippen LogP contribution is 2.34. The molecule has 0 bridgehead atoms. The number of anilines is 1. The smallest absolute Gasteiger partial charge is 0.235 e. The minimum Gasteiger partial charge on any atom is -0.492 e. The maximum atomic E-state index is 12.4. The van der Waals surface area contributed by atoms with Gasteiger partial charge in [-0.15, -0.1) is 0 Å². The Balaban J connectivity index is 1.81. The molecule has 0 fully saturated rings. The molecule has 2 aromatic rings. The molecule has 2 aromatic carbocycles. The third kappa shape index (κ3) is 2.43. The van der Waals surface area contributed by atoms with Gasteiger partial charge in [0.2, 0.25) is 5.91 Å². The Hall–Kier alpha value is -1.81. The fraction of sp³-hybridized carbons (Fsp3) is 0.188. The number of alkyl halides is 1. The molecule has 3 rings (SSSR count). The summed E-state index contributed by atoms with van der Waals surface area (Å²) < 4.78 is 5.56. The van der Waals surface area contributed by atoms with Crippen molar-refractivity contribution in [3.05, 3.63) is 59.7 Å². The standard InChI is InChI=1S/C16H14BrNO2/c17-9-11-5-1-3-7-14(11)18-16(19)13-10-20-15-8-4-2-6-12(13)15/h1-8,13H,9-10H2,(H,18,19). The molecular formula is C16H14BrNO2. The summed E-state index contributed by atoms with van der Waals surface area (Å²) in [7, 11) is 0. The normalized spacial score (nSPS) is 16.4. The lowest BCUT2D eigenvalue weighted by molar-refractivity contribution is -0.117. The molecule has 1 unspecified atom stereocenters. The summed E-state index contributed by atoms with van der Waals surface area (Å²) in [6.45, 7) is 0.404. The number of nitrogens with one attached hydrogen (secondary N) is 1. The van der Waals surface area contributed by atoms with Gasteiger partial charge >= 0.3 is 0 Å². The fourth-order valence-corrected chi connectivity index (χ4v) is 2.85. The summed E-state index contributed by atoms with van der Waals surface area (Å²) in [5.74, 6) is 0.541. The Morgan fingerprint density at radius 2 is 1.95 bits per heavy atom. The van der Waals surface area contributed by atoms with Crippen molar-refractivity contribution in [1.29, 1.82) is 0 Å². The van der Waals surface area contributed by atoms with Crippen LogP contribution in [0.25, 0.3) is 0 Å². The number of ether oxygens (including phenoxy) is 1. The summed E-state index contributed by atoms with van der Waals surface area (Å²) in [6.07, 6.45) is 0. The first-order chi connectivity index (χ1) is 9.79. The van der Waals surface area contributed by atoms with Gasteiger partial charge in [-0.2, -0.15) is 0 Å². The molecule has 0 saturated heterocycles. The van der Waals surface area contributed by atoms with Crippen LogP contribution in [-0.2, 0) is 10.1 Å². The highest BCUT2D eigenvalue weighted by Gasteiger charge is 2.30. The van der Waals surface area contributed by atoms with Crippen molar-refractivity contribution in [2.45, 2.75) is 11.2 Å². The number of benzene rings is 2. The second-order valence-corrected chi connectivity index (χ2v) is 5.24. The topological polar surface area (TPSA) is 38.3 Å². The molecule has 3 nitrogen and oxygen atoms in total. The number of amides is 1. The number of rotatable bonds is 3. The van der Waals surface area contributed by atoms with E-state index in [0.29, 0.717) is 11.9 Å². The van der Waals surface area contributed by atoms with Gasteiger partial charge in [0.15, 0.2) is 0 Å². The lowest BCUT2D eigenvalue weighted by Gasteiger charge is -2.12. The fourth-order valence-electron chi connectivity index (χ4n) is 2.36. The van der Waals surface area contributed by atoms with Gasteiger partial charge in [0.05, 0.1) is 0 Å². The second kappa shape index (κ2) is 5.67. The molecule has 1 heterocycles. The number of para-hydroxylation sites is 2. The Labute approximate surface area is 126 Å². The van der Waals surface area contributed by atoms with Crippen LogP contribution in [0.2, 0.25) is 0 Å². The third-order valence-corrected chi connectivity index (χ3v) is 4.04. The SMILES string of the molecule is O=C(Nc1ccccc1CBr)C1COc2ccccc21. The van der Waals surface area contributed by atoms with Crippen LogP contribution < -0.4 is 10.1 Å². The summed E-state index contributed by atoms with van der Waals surface area (Å²) in [6, 6.07) is 15.5. The summed E-state index contributed by atoms with van der Waals surface area (Å²) in [4.78, 5) is 12.4. The molecule has 102 valence electrons. The lowest BCUT2D eigenvalue weighted by atomic mass is 10.0. The average Bonchev–Trinajstić information content (AvgIpc) is 2.92. The van der Waals surface area contributed by atoms with E-state index >= 15 is 0 Å². The molecule has 1 atom stereocenters. The molecule has 1 aliphatic heterocycles. The minimum atomic E-state index is -0.241. The van der Waals surface area contributed by atoms with Crippen molar-refractivity contribution in [3.8, 4) is 5.75 Å². The quantitative estimate of drug-likeness (QED) is 0.871. The van der Waals surface area contributed by atoms with E-state index in [1.54, 1.807) is 0 Å². The van der Waals surface area contributed by atoms with Crippen molar-refractivity contribution >= 4 is 27.5 Å². The first kappa shape index (κ1) is 13.2. The number of hydrogen-bond donors (Lipinski definition) is 1. The molecule has 4 heteroatoms. The first-order valence-corrected chi connectivity index (χ1v) is 7.58. The maximum Gasteiger partial charge on any atom is 0.235 e. The summed E-state index contributed by atoms with van der Waals surface area (Å²) in [5.41, 5.74) is 2.87. The van der Waals surface area contributed by atoms with Crippen molar-refractivity contribution in [2.24, 2.45) is 0 Å². The van der Waals surface area contributed by atoms with Crippen LogP contribution in [0.3, 0.4) is 0 Å². The van der Waals surface area contributed by atoms with Crippen molar-refractivity contribution in [3.63, 3.8) is 0 Å². The van der Waals surface area contributed by atoms with Gasteiger partial charge in [0.1, 0.15) is 18.3 Å². The highest BCUT2D eigenvalue weighted by atomic mass is 79.9. The van der Waals surface area contributed by atoms with E-state index in [1.165, 1.54) is 0 Å². The van der Waals surface area contributed by atoms with Gasteiger partial charge in [-0.3, -0.25) is 4.79 Å². The third-order valence-electron chi connectivity index (χ3n) is 3.44. The Kier molecular flexibility index (Phi) is 3.74. The number of fused-ring (bicyclic) bond motifs is 1. The van der Waals surface area contributed by atoms with Crippen molar-refractivity contribution in [1.82, 2.24) is 0 Å². The number of hydrogen-bond acceptors (Lipinski definition) is 2. The van der Waals surface area contributed by atoms with Crippen LogP contribution in [0, 0.1) is 0 Å². The Morgan fingerprint density at radius 1 is 1.20 bits per heavy atom. The van der Waals surface area contributed by atoms with E-state index in [0.717, 1.165) is 22.6 Å². The average molecular weight is 332 g/mol. The monoisotopic (exact) mass is 331 g/mol. The second-order valence-electron chi connectivity index (χ2n) is 4.68. The molecule has 0 aromatic heterocycles. The van der Waals surface area contributed by atoms with E-state index in [2.05, 4.69) is 21.2 Å². The lowest BCUT2D eigenvalue weighted by Crippen LogP contribution is -2.22. The predicted octanol–water partition coefficient (Wildman–Crippen LogP) is 3.70. The van der Waals surface area contributed by atoms with E-state index < -0.39 is 0 Å². The summed E-state index contributed by atoms with van der Waals surface area (Å²) >= 11 is 3.43. The largest absolute Gasteiger partial charge is 0.492 e. The van der Waals surface area contributed by atoms with Crippen LogP contribution in [-0.4, -0.2) is 12.5 Å². The Morgan fingerprint density at radius 3 is 2.80 bits per heavy atom. The van der Waals surface area contributed by atoms with Crippen LogP contribution in [0.1, 0.15) is 17.0 Å². The van der Waals surface area contributed by atoms with E-state index in [1.807, 2.05) is 48.5 Å². The molecule has 1 N–H and O–H groups in total. The minimum absolute atomic E-state index is 0.0247. The van der Waals surface area contributed by atoms with Gasteiger partial charge in [-0.25, -0.2) is 0 Å². The zero-order valence-corrected chi connectivity index (χ0v) is 12.4. The molecule has 20 heavy (non-hydrogen) atoms. The predicted molar refractivity (Wildman–Crippen MR) is 82.4 cm³/mol. The van der Waals surface area contributed by atoms with Gasteiger partial charge in [-0.1, -0.05) is 52.3 Å². The molecule has 0 radical (unpaired) electrons. The van der Waals surface area contributed by atoms with Crippen LogP contribution in [0.5, 0.6) is 5.75 Å². The van der Waals surface area contributed by atoms with Crippen molar-refractivity contribution in [2.75, 3.05) is 11.9 Å². The van der Waals surface area contributed by atoms with Crippen molar-refractivity contribution < 1.29 is 9.53 Å². The molecular weight excluding hydrogens is 318 g/mol. The van der Waals surface area contributed by atoms with Crippen LogP contribution in [0.15, 0.2) is 48.5 Å². The van der Waals surface area contributed by atoms with E-state index in [4.69, 9.17) is 4.74 Å². The molecule has 1 amide bonds. The van der Waals surface area contributed by atoms with Gasteiger partial charge < -0.3 is 10.1 Å².